The third-order valence-electron chi connectivity index (χ3n) is 11.8. The van der Waals surface area contributed by atoms with Crippen LogP contribution in [0, 0.1) is 0 Å². The smallest absolute Gasteiger partial charge is 0.160 e. The van der Waals surface area contributed by atoms with Gasteiger partial charge in [-0.05, 0) is 87.3 Å². The summed E-state index contributed by atoms with van der Waals surface area (Å²) < 4.78 is 6.10. The first-order valence-electron chi connectivity index (χ1n) is 19.5. The van der Waals surface area contributed by atoms with E-state index in [4.69, 9.17) is 14.4 Å². The number of fused-ring (bicyclic) bond motifs is 6. The summed E-state index contributed by atoms with van der Waals surface area (Å²) in [6, 6.07) is 71.1. The van der Waals surface area contributed by atoms with Gasteiger partial charge in [0.1, 0.15) is 11.2 Å². The third kappa shape index (κ3) is 5.43. The molecule has 1 atom stereocenters. The fraction of sp³-hybridized carbons (Fsp3) is 0.0370. The van der Waals surface area contributed by atoms with Crippen LogP contribution in [0.5, 0.6) is 0 Å². The van der Waals surface area contributed by atoms with E-state index in [0.717, 1.165) is 72.3 Å². The van der Waals surface area contributed by atoms with E-state index < -0.39 is 0 Å². The number of furan rings is 1. The summed E-state index contributed by atoms with van der Waals surface area (Å²) in [5, 5.41) is 2.25. The van der Waals surface area contributed by atoms with E-state index in [1.165, 1.54) is 27.8 Å². The number of benzene rings is 8. The van der Waals surface area contributed by atoms with E-state index in [9.17, 15) is 0 Å². The molecule has 0 radical (unpaired) electrons. The SMILES string of the molecule is CC1(c2ccccc2)c2ccccc2-c2ccc(-c3ccccc3-c3cc(-c4ccc(-c5ccc6oc7ccccc7c6c5)cc4)nc(-c4ccccc4)n3)cc21. The van der Waals surface area contributed by atoms with Crippen molar-refractivity contribution in [3.05, 3.63) is 217 Å². The quantitative estimate of drug-likeness (QED) is 0.171. The Morgan fingerprint density at radius 3 is 1.79 bits per heavy atom. The Morgan fingerprint density at radius 2 is 0.965 bits per heavy atom. The van der Waals surface area contributed by atoms with E-state index in [1.54, 1.807) is 0 Å². The highest BCUT2D eigenvalue weighted by atomic mass is 16.3. The largest absolute Gasteiger partial charge is 0.456 e. The highest BCUT2D eigenvalue weighted by Gasteiger charge is 2.40. The van der Waals surface area contributed by atoms with Gasteiger partial charge in [0.15, 0.2) is 5.82 Å². The Bertz CT molecular complexity index is 3130. The van der Waals surface area contributed by atoms with Gasteiger partial charge >= 0.3 is 0 Å². The van der Waals surface area contributed by atoms with Crippen molar-refractivity contribution in [2.45, 2.75) is 12.3 Å². The topological polar surface area (TPSA) is 38.9 Å². The van der Waals surface area contributed by atoms with Crippen molar-refractivity contribution in [2.24, 2.45) is 0 Å². The molecule has 268 valence electrons. The van der Waals surface area contributed by atoms with Gasteiger partial charge in [-0.25, -0.2) is 9.97 Å². The molecule has 1 aliphatic rings. The molecule has 0 bridgehead atoms. The predicted octanol–water partition coefficient (Wildman–Crippen LogP) is 14.0. The van der Waals surface area contributed by atoms with E-state index in [1.807, 2.05) is 30.3 Å². The second-order valence-electron chi connectivity index (χ2n) is 15.1. The van der Waals surface area contributed by atoms with Crippen molar-refractivity contribution < 1.29 is 4.42 Å². The molecular formula is C54H36N2O. The molecule has 0 N–H and O–H groups in total. The number of para-hydroxylation sites is 1. The van der Waals surface area contributed by atoms with E-state index in [2.05, 4.69) is 177 Å². The lowest BCUT2D eigenvalue weighted by atomic mass is 9.74. The van der Waals surface area contributed by atoms with E-state index >= 15 is 0 Å². The van der Waals surface area contributed by atoms with Gasteiger partial charge < -0.3 is 4.42 Å². The minimum absolute atomic E-state index is 0.287. The standard InChI is InChI=1S/C54H36N2O/c1-54(40-16-6-3-7-17-40)47-22-12-10-19-42(47)43-30-28-39(33-48(43)54)41-18-8-9-20-44(41)50-34-49(55-53(56-50)37-14-4-2-5-15-37)36-26-24-35(25-27-36)38-29-31-52-46(32-38)45-21-11-13-23-51(45)57-52/h2-34H,1H3. The average molecular weight is 729 g/mol. The Labute approximate surface area is 331 Å². The summed E-state index contributed by atoms with van der Waals surface area (Å²) in [7, 11) is 0. The maximum absolute atomic E-state index is 6.10. The Kier molecular flexibility index (Phi) is 7.61. The maximum atomic E-state index is 6.10. The van der Waals surface area contributed by atoms with Crippen LogP contribution in [0.4, 0.5) is 0 Å². The molecule has 3 heteroatoms. The summed E-state index contributed by atoms with van der Waals surface area (Å²) in [4.78, 5) is 10.4. The van der Waals surface area contributed by atoms with Crippen molar-refractivity contribution in [3.8, 4) is 67.3 Å². The van der Waals surface area contributed by atoms with Crippen molar-refractivity contribution in [3.63, 3.8) is 0 Å². The normalized spacial score (nSPS) is 14.5. The zero-order valence-corrected chi connectivity index (χ0v) is 31.4. The molecule has 11 rings (SSSR count). The lowest BCUT2D eigenvalue weighted by molar-refractivity contribution is 0.669. The molecule has 0 spiro atoms. The van der Waals surface area contributed by atoms with Crippen molar-refractivity contribution in [1.82, 2.24) is 9.97 Å². The Morgan fingerprint density at radius 1 is 0.368 bits per heavy atom. The number of hydrogen-bond donors (Lipinski definition) is 0. The first-order valence-corrected chi connectivity index (χ1v) is 19.5. The Hall–Kier alpha value is -7.36. The van der Waals surface area contributed by atoms with Gasteiger partial charge in [-0.2, -0.15) is 0 Å². The summed E-state index contributed by atoms with van der Waals surface area (Å²) in [5.41, 5.74) is 17.4. The van der Waals surface area contributed by atoms with Gasteiger partial charge in [0.05, 0.1) is 11.4 Å². The highest BCUT2D eigenvalue weighted by Crippen LogP contribution is 2.53. The molecule has 0 aliphatic heterocycles. The second kappa shape index (κ2) is 13.1. The molecule has 1 unspecified atom stereocenters. The first-order chi connectivity index (χ1) is 28.1. The van der Waals surface area contributed by atoms with Gasteiger partial charge in [0.25, 0.3) is 0 Å². The number of aromatic nitrogens is 2. The first kappa shape index (κ1) is 33.0. The lowest BCUT2D eigenvalue weighted by Gasteiger charge is -2.28. The zero-order chi connectivity index (χ0) is 37.9. The molecule has 3 nitrogen and oxygen atoms in total. The van der Waals surface area contributed by atoms with Crippen LogP contribution < -0.4 is 0 Å². The lowest BCUT2D eigenvalue weighted by Crippen LogP contribution is -2.22. The van der Waals surface area contributed by atoms with Gasteiger partial charge in [-0.15, -0.1) is 0 Å². The molecule has 2 heterocycles. The molecule has 0 fully saturated rings. The third-order valence-corrected chi connectivity index (χ3v) is 11.8. The average Bonchev–Trinajstić information content (AvgIpc) is 3.79. The van der Waals surface area contributed by atoms with Gasteiger partial charge in [0.2, 0.25) is 0 Å². The van der Waals surface area contributed by atoms with Crippen LogP contribution in [-0.2, 0) is 5.41 Å². The van der Waals surface area contributed by atoms with Crippen molar-refractivity contribution in [1.29, 1.82) is 0 Å². The van der Waals surface area contributed by atoms with Gasteiger partial charge in [0, 0.05) is 32.9 Å². The monoisotopic (exact) mass is 728 g/mol. The number of rotatable bonds is 6. The van der Waals surface area contributed by atoms with Crippen LogP contribution in [0.15, 0.2) is 205 Å². The molecule has 10 aromatic rings. The van der Waals surface area contributed by atoms with Crippen LogP contribution in [0.2, 0.25) is 0 Å². The summed E-state index contributed by atoms with van der Waals surface area (Å²) >= 11 is 0. The van der Waals surface area contributed by atoms with Crippen LogP contribution in [0.3, 0.4) is 0 Å². The molecule has 2 aromatic heterocycles. The highest BCUT2D eigenvalue weighted by molar-refractivity contribution is 6.06. The Balaban J connectivity index is 1.02. The second-order valence-corrected chi connectivity index (χ2v) is 15.1. The minimum atomic E-state index is -0.287. The minimum Gasteiger partial charge on any atom is -0.456 e. The summed E-state index contributed by atoms with van der Waals surface area (Å²) in [6.07, 6.45) is 0. The van der Waals surface area contributed by atoms with Crippen LogP contribution in [0.1, 0.15) is 23.6 Å². The zero-order valence-electron chi connectivity index (χ0n) is 31.4. The summed E-state index contributed by atoms with van der Waals surface area (Å²) in [5.74, 6) is 0.695. The van der Waals surface area contributed by atoms with Crippen molar-refractivity contribution >= 4 is 21.9 Å². The molecule has 0 amide bonds. The molecular weight excluding hydrogens is 693 g/mol. The fourth-order valence-corrected chi connectivity index (χ4v) is 8.89. The molecule has 0 saturated carbocycles. The van der Waals surface area contributed by atoms with Crippen LogP contribution in [-0.4, -0.2) is 9.97 Å². The fourth-order valence-electron chi connectivity index (χ4n) is 8.89. The predicted molar refractivity (Wildman–Crippen MR) is 234 cm³/mol. The molecule has 1 aliphatic carbocycles. The van der Waals surface area contributed by atoms with Gasteiger partial charge in [-0.1, -0.05) is 170 Å². The maximum Gasteiger partial charge on any atom is 0.160 e. The summed E-state index contributed by atoms with van der Waals surface area (Å²) in [6.45, 7) is 2.37. The van der Waals surface area contributed by atoms with E-state index in [-0.39, 0.29) is 5.41 Å². The van der Waals surface area contributed by atoms with Crippen molar-refractivity contribution in [2.75, 3.05) is 0 Å². The van der Waals surface area contributed by atoms with Crippen LogP contribution in [0.25, 0.3) is 89.2 Å². The number of hydrogen-bond acceptors (Lipinski definition) is 3. The van der Waals surface area contributed by atoms with Crippen LogP contribution >= 0.6 is 0 Å². The molecule has 8 aromatic carbocycles. The van der Waals surface area contributed by atoms with E-state index in [0.29, 0.717) is 5.82 Å². The molecule has 57 heavy (non-hydrogen) atoms. The van der Waals surface area contributed by atoms with Gasteiger partial charge in [-0.3, -0.25) is 0 Å². The molecule has 0 saturated heterocycles. The number of nitrogens with zero attached hydrogens (tertiary/aromatic N) is 2.